The van der Waals surface area contributed by atoms with E-state index in [1.165, 1.54) is 7.11 Å². The molecule has 0 heterocycles. The lowest BCUT2D eigenvalue weighted by Crippen LogP contribution is -2.34. The van der Waals surface area contributed by atoms with Gasteiger partial charge in [0.05, 0.1) is 13.2 Å². The fraction of sp³-hybridized carbons (Fsp3) is 0.560. The predicted octanol–water partition coefficient (Wildman–Crippen LogP) is 2.41. The Bertz CT molecular complexity index is 820. The van der Waals surface area contributed by atoms with Crippen molar-refractivity contribution in [2.75, 3.05) is 20.3 Å². The van der Waals surface area contributed by atoms with E-state index >= 15 is 0 Å². The lowest BCUT2D eigenvalue weighted by molar-refractivity contribution is -0.122. The predicted molar refractivity (Wildman–Crippen MR) is 136 cm³/mol. The maximum Gasteiger partial charge on any atom is 0.220 e. The summed E-state index contributed by atoms with van der Waals surface area (Å²) in [6.45, 7) is 4.94. The molecule has 7 N–H and O–H groups in total. The van der Waals surface area contributed by atoms with E-state index in [0.717, 1.165) is 24.8 Å². The first-order valence-electron chi connectivity index (χ1n) is 11.8. The first kappa shape index (κ1) is 29.0. The summed E-state index contributed by atoms with van der Waals surface area (Å²) in [5, 5.41) is 2.93. The number of allylic oxidation sites excluding steroid dienone is 2. The average Bonchev–Trinajstić information content (AvgIpc) is 2.80. The summed E-state index contributed by atoms with van der Waals surface area (Å²) in [7, 11) is 1.52. The van der Waals surface area contributed by atoms with Crippen molar-refractivity contribution in [1.29, 1.82) is 0 Å². The van der Waals surface area contributed by atoms with Crippen LogP contribution in [0.4, 0.5) is 0 Å². The van der Waals surface area contributed by atoms with Gasteiger partial charge in [-0.05, 0) is 55.7 Å². The Labute approximate surface area is 203 Å². The zero-order valence-electron chi connectivity index (χ0n) is 20.7. The number of methoxy groups -OCH3 is 1. The molecule has 0 radical (unpaired) electrons. The van der Waals surface area contributed by atoms with Gasteiger partial charge >= 0.3 is 0 Å². The Balaban J connectivity index is 2.42. The molecule has 9 nitrogen and oxygen atoms in total. The van der Waals surface area contributed by atoms with Crippen molar-refractivity contribution >= 4 is 17.6 Å². The lowest BCUT2D eigenvalue weighted by Gasteiger charge is -2.14. The van der Waals surface area contributed by atoms with Gasteiger partial charge in [0.15, 0.2) is 23.2 Å². The number of unbranched alkanes of at least 4 members (excludes halogenated alkanes) is 2. The van der Waals surface area contributed by atoms with Gasteiger partial charge in [-0.2, -0.15) is 0 Å². The van der Waals surface area contributed by atoms with Gasteiger partial charge in [0, 0.05) is 19.5 Å². The second-order valence-corrected chi connectivity index (χ2v) is 8.49. The van der Waals surface area contributed by atoms with Crippen LogP contribution in [-0.2, 0) is 16.1 Å². The number of Topliss-reactive ketones (excluding diaryl/α,β-unsaturated/α-hetero) is 1. The summed E-state index contributed by atoms with van der Waals surface area (Å²) in [6.07, 6.45) is 8.77. The zero-order valence-corrected chi connectivity index (χ0v) is 20.7. The minimum Gasteiger partial charge on any atom is -0.493 e. The number of carbonyl (C=O) groups is 2. The van der Waals surface area contributed by atoms with E-state index in [1.54, 1.807) is 12.1 Å². The van der Waals surface area contributed by atoms with Crippen LogP contribution in [0.5, 0.6) is 11.5 Å². The highest BCUT2D eigenvalue weighted by atomic mass is 16.5. The van der Waals surface area contributed by atoms with Crippen LogP contribution in [0.2, 0.25) is 0 Å². The first-order valence-corrected chi connectivity index (χ1v) is 11.8. The van der Waals surface area contributed by atoms with E-state index in [1.807, 2.05) is 6.07 Å². The summed E-state index contributed by atoms with van der Waals surface area (Å²) in [5.74, 6) is 1.30. The molecule has 1 rings (SSSR count). The number of nitrogens with two attached hydrogens (primary N) is 3. The number of nitrogens with zero attached hydrogens (tertiary/aromatic N) is 1. The second kappa shape index (κ2) is 16.5. The van der Waals surface area contributed by atoms with Gasteiger partial charge in [-0.25, -0.2) is 0 Å². The van der Waals surface area contributed by atoms with E-state index < -0.39 is 6.04 Å². The molecule has 0 aromatic heterocycles. The maximum atomic E-state index is 12.2. The van der Waals surface area contributed by atoms with Crippen molar-refractivity contribution in [3.63, 3.8) is 0 Å². The topological polar surface area (TPSA) is 155 Å². The standard InChI is InChI=1S/C25H41N5O4/c1-18(2)9-6-4-5-7-11-24(32)30-16-19-12-13-22(23(15-19)33-3)34-17-21(31)20(26)10-8-14-29-25(27)28/h6,9,12-13,15,18,20H,4-5,7-8,10-11,14,16-17,26H2,1-3H3,(H,30,32)(H4,27,28,29)/b9-6+/t20-/m0/s1. The Kier molecular flexibility index (Phi) is 14.1. The van der Waals surface area contributed by atoms with Gasteiger partial charge in [0.25, 0.3) is 0 Å². The maximum absolute atomic E-state index is 12.2. The van der Waals surface area contributed by atoms with Crippen LogP contribution in [0.1, 0.15) is 57.9 Å². The van der Waals surface area contributed by atoms with Crippen LogP contribution in [0.15, 0.2) is 35.3 Å². The highest BCUT2D eigenvalue weighted by Crippen LogP contribution is 2.28. The molecule has 1 aromatic carbocycles. The quantitative estimate of drug-likeness (QED) is 0.117. The minimum atomic E-state index is -0.652. The van der Waals surface area contributed by atoms with E-state index in [4.69, 9.17) is 26.7 Å². The van der Waals surface area contributed by atoms with Crippen LogP contribution < -0.4 is 32.0 Å². The van der Waals surface area contributed by atoms with E-state index in [2.05, 4.69) is 36.3 Å². The number of benzene rings is 1. The van der Waals surface area contributed by atoms with Crippen LogP contribution >= 0.6 is 0 Å². The number of hydrogen-bond donors (Lipinski definition) is 4. The third kappa shape index (κ3) is 12.8. The van der Waals surface area contributed by atoms with Crippen LogP contribution in [0.3, 0.4) is 0 Å². The van der Waals surface area contributed by atoms with Crippen LogP contribution in [0, 0.1) is 5.92 Å². The molecule has 0 fully saturated rings. The molecule has 0 saturated heterocycles. The Morgan fingerprint density at radius 1 is 1.15 bits per heavy atom. The monoisotopic (exact) mass is 475 g/mol. The molecule has 1 aromatic rings. The second-order valence-electron chi connectivity index (χ2n) is 8.49. The number of nitrogens with one attached hydrogen (secondary N) is 1. The van der Waals surface area contributed by atoms with Crippen molar-refractivity contribution in [1.82, 2.24) is 5.32 Å². The van der Waals surface area contributed by atoms with Crippen molar-refractivity contribution in [2.45, 2.75) is 65.0 Å². The minimum absolute atomic E-state index is 0.0171. The largest absolute Gasteiger partial charge is 0.493 e. The molecule has 0 aliphatic carbocycles. The molecule has 9 heteroatoms. The number of aliphatic imine (C=N–C) groups is 1. The Morgan fingerprint density at radius 2 is 1.91 bits per heavy atom. The number of carbonyl (C=O) groups excluding carboxylic acids is 2. The highest BCUT2D eigenvalue weighted by molar-refractivity contribution is 5.85. The summed E-state index contributed by atoms with van der Waals surface area (Å²) in [4.78, 5) is 28.2. The molecule has 0 bridgehead atoms. The number of hydrogen-bond acceptors (Lipinski definition) is 6. The first-order chi connectivity index (χ1) is 16.2. The molecule has 0 aliphatic heterocycles. The van der Waals surface area contributed by atoms with E-state index in [-0.39, 0.29) is 24.3 Å². The molecule has 190 valence electrons. The number of guanidine groups is 1. The van der Waals surface area contributed by atoms with Gasteiger partial charge in [0.1, 0.15) is 6.61 Å². The molecular formula is C25H41N5O4. The summed E-state index contributed by atoms with van der Waals surface area (Å²) in [6, 6.07) is 4.68. The van der Waals surface area contributed by atoms with Crippen molar-refractivity contribution < 1.29 is 19.1 Å². The lowest BCUT2D eigenvalue weighted by atomic mass is 10.1. The van der Waals surface area contributed by atoms with Crippen molar-refractivity contribution in [3.05, 3.63) is 35.9 Å². The van der Waals surface area contributed by atoms with E-state index in [0.29, 0.717) is 49.8 Å². The Hall–Kier alpha value is -3.07. The molecule has 0 saturated carbocycles. The summed E-state index contributed by atoms with van der Waals surface area (Å²) in [5.41, 5.74) is 17.3. The molecule has 0 spiro atoms. The molecule has 34 heavy (non-hydrogen) atoms. The van der Waals surface area contributed by atoms with Gasteiger partial charge in [-0.15, -0.1) is 0 Å². The number of rotatable bonds is 17. The number of ether oxygens (including phenoxy) is 2. The fourth-order valence-electron chi connectivity index (χ4n) is 3.08. The van der Waals surface area contributed by atoms with E-state index in [9.17, 15) is 9.59 Å². The molecular weight excluding hydrogens is 434 g/mol. The third-order valence-electron chi connectivity index (χ3n) is 5.01. The van der Waals surface area contributed by atoms with Crippen molar-refractivity contribution in [3.8, 4) is 11.5 Å². The van der Waals surface area contributed by atoms with Crippen molar-refractivity contribution in [2.24, 2.45) is 28.1 Å². The van der Waals surface area contributed by atoms with Gasteiger partial charge in [0.2, 0.25) is 5.91 Å². The molecule has 1 atom stereocenters. The van der Waals surface area contributed by atoms with Crippen LogP contribution in [0.25, 0.3) is 0 Å². The average molecular weight is 476 g/mol. The molecule has 0 unspecified atom stereocenters. The zero-order chi connectivity index (χ0) is 25.3. The summed E-state index contributed by atoms with van der Waals surface area (Å²) < 4.78 is 11.0. The number of ketones is 1. The van der Waals surface area contributed by atoms with Gasteiger partial charge in [-0.1, -0.05) is 32.1 Å². The smallest absolute Gasteiger partial charge is 0.220 e. The SMILES string of the molecule is COc1cc(CNC(=O)CCCC/C=C/C(C)C)ccc1OCC(=O)[C@@H](N)CCCN=C(N)N. The highest BCUT2D eigenvalue weighted by Gasteiger charge is 2.15. The van der Waals surface area contributed by atoms with Gasteiger partial charge < -0.3 is 32.0 Å². The third-order valence-corrected chi connectivity index (χ3v) is 5.01. The number of amides is 1. The normalized spacial score (nSPS) is 11.9. The van der Waals surface area contributed by atoms with Gasteiger partial charge in [-0.3, -0.25) is 14.6 Å². The Morgan fingerprint density at radius 3 is 2.59 bits per heavy atom. The fourth-order valence-corrected chi connectivity index (χ4v) is 3.08. The molecule has 1 amide bonds. The van der Waals surface area contributed by atoms with Crippen LogP contribution in [-0.4, -0.2) is 44.0 Å². The molecule has 0 aliphatic rings. The summed E-state index contributed by atoms with van der Waals surface area (Å²) >= 11 is 0.